The molecule has 0 aliphatic heterocycles. The van der Waals surface area contributed by atoms with Crippen LogP contribution in [0.5, 0.6) is 0 Å². The highest BCUT2D eigenvalue weighted by atomic mass is 35.5. The van der Waals surface area contributed by atoms with Crippen LogP contribution in [-0.4, -0.2) is 17.0 Å². The lowest BCUT2D eigenvalue weighted by Crippen LogP contribution is -2.15. The Bertz CT molecular complexity index is 683. The number of nitrogens with one attached hydrogen (secondary N) is 1. The average Bonchev–Trinajstić information content (AvgIpc) is 2.41. The molecule has 0 spiro atoms. The fourth-order valence-electron chi connectivity index (χ4n) is 1.78. The molecule has 4 nitrogen and oxygen atoms in total. The van der Waals surface area contributed by atoms with Crippen LogP contribution in [0.15, 0.2) is 42.5 Å². The van der Waals surface area contributed by atoms with Crippen LogP contribution in [0.4, 0.5) is 5.69 Å². The highest BCUT2D eigenvalue weighted by Crippen LogP contribution is 2.21. The van der Waals surface area contributed by atoms with E-state index in [4.69, 9.17) is 16.7 Å². The Kier molecular flexibility index (Phi) is 4.05. The van der Waals surface area contributed by atoms with Gasteiger partial charge in [0.25, 0.3) is 5.91 Å². The van der Waals surface area contributed by atoms with Gasteiger partial charge in [-0.1, -0.05) is 35.4 Å². The highest BCUT2D eigenvalue weighted by Gasteiger charge is 2.15. The number of aryl methyl sites for hydroxylation is 1. The molecule has 0 saturated carbocycles. The number of halogens is 1. The van der Waals surface area contributed by atoms with Gasteiger partial charge in [0.05, 0.1) is 21.8 Å². The van der Waals surface area contributed by atoms with Crippen molar-refractivity contribution in [2.45, 2.75) is 6.92 Å². The summed E-state index contributed by atoms with van der Waals surface area (Å²) < 4.78 is 0. The second-order valence-electron chi connectivity index (χ2n) is 4.29. The summed E-state index contributed by atoms with van der Waals surface area (Å²) in [7, 11) is 0. The molecular formula is C15H12ClNO3. The molecule has 20 heavy (non-hydrogen) atoms. The summed E-state index contributed by atoms with van der Waals surface area (Å²) in [6.45, 7) is 1.78. The number of hydrogen-bond acceptors (Lipinski definition) is 2. The van der Waals surface area contributed by atoms with Crippen molar-refractivity contribution < 1.29 is 14.7 Å². The van der Waals surface area contributed by atoms with Gasteiger partial charge < -0.3 is 10.4 Å². The number of carbonyl (C=O) groups is 2. The van der Waals surface area contributed by atoms with E-state index >= 15 is 0 Å². The van der Waals surface area contributed by atoms with Gasteiger partial charge in [-0.15, -0.1) is 0 Å². The summed E-state index contributed by atoms with van der Waals surface area (Å²) in [4.78, 5) is 23.3. The number of hydrogen-bond donors (Lipinski definition) is 2. The molecule has 0 aliphatic rings. The molecule has 0 aromatic heterocycles. The molecule has 0 radical (unpaired) electrons. The van der Waals surface area contributed by atoms with E-state index in [1.807, 2.05) is 0 Å². The first kappa shape index (κ1) is 14.1. The topological polar surface area (TPSA) is 66.4 Å². The Morgan fingerprint density at radius 1 is 1.10 bits per heavy atom. The van der Waals surface area contributed by atoms with Crippen molar-refractivity contribution in [1.82, 2.24) is 0 Å². The van der Waals surface area contributed by atoms with Crippen LogP contribution in [0.1, 0.15) is 26.3 Å². The number of amides is 1. The minimum Gasteiger partial charge on any atom is -0.478 e. The van der Waals surface area contributed by atoms with E-state index < -0.39 is 11.9 Å². The number of rotatable bonds is 3. The molecule has 2 rings (SSSR count). The summed E-state index contributed by atoms with van der Waals surface area (Å²) in [5, 5.41) is 12.0. The van der Waals surface area contributed by atoms with Gasteiger partial charge >= 0.3 is 5.97 Å². The SMILES string of the molecule is Cc1ccc(NC(=O)c2ccccc2Cl)c(C(=O)O)c1. The Morgan fingerprint density at radius 3 is 2.45 bits per heavy atom. The molecule has 102 valence electrons. The number of carboxylic acids is 1. The van der Waals surface area contributed by atoms with Crippen LogP contribution in [0.25, 0.3) is 0 Å². The average molecular weight is 290 g/mol. The smallest absolute Gasteiger partial charge is 0.337 e. The van der Waals surface area contributed by atoms with Crippen molar-refractivity contribution >= 4 is 29.2 Å². The standard InChI is InChI=1S/C15H12ClNO3/c1-9-6-7-13(11(8-9)15(19)20)17-14(18)10-4-2-3-5-12(10)16/h2-8H,1H3,(H,17,18)(H,19,20). The number of benzene rings is 2. The third-order valence-electron chi connectivity index (χ3n) is 2.77. The monoisotopic (exact) mass is 289 g/mol. The molecule has 2 aromatic rings. The third-order valence-corrected chi connectivity index (χ3v) is 3.10. The second-order valence-corrected chi connectivity index (χ2v) is 4.70. The van der Waals surface area contributed by atoms with E-state index in [1.54, 1.807) is 43.3 Å². The van der Waals surface area contributed by atoms with E-state index in [1.165, 1.54) is 6.07 Å². The lowest BCUT2D eigenvalue weighted by molar-refractivity contribution is 0.0698. The molecule has 1 amide bonds. The lowest BCUT2D eigenvalue weighted by atomic mass is 10.1. The van der Waals surface area contributed by atoms with Crippen LogP contribution < -0.4 is 5.32 Å². The van der Waals surface area contributed by atoms with Crippen molar-refractivity contribution in [1.29, 1.82) is 0 Å². The molecule has 2 N–H and O–H groups in total. The van der Waals surface area contributed by atoms with Gasteiger partial charge in [-0.3, -0.25) is 4.79 Å². The molecule has 2 aromatic carbocycles. The van der Waals surface area contributed by atoms with E-state index in [-0.39, 0.29) is 11.3 Å². The Morgan fingerprint density at radius 2 is 1.80 bits per heavy atom. The Balaban J connectivity index is 2.33. The van der Waals surface area contributed by atoms with Gasteiger partial charge in [-0.05, 0) is 31.2 Å². The fraction of sp³-hybridized carbons (Fsp3) is 0.0667. The van der Waals surface area contributed by atoms with Crippen LogP contribution in [0.3, 0.4) is 0 Å². The molecule has 0 heterocycles. The molecule has 0 saturated heterocycles. The maximum Gasteiger partial charge on any atom is 0.337 e. The molecule has 0 fully saturated rings. The zero-order chi connectivity index (χ0) is 14.7. The van der Waals surface area contributed by atoms with E-state index in [9.17, 15) is 9.59 Å². The van der Waals surface area contributed by atoms with E-state index in [0.29, 0.717) is 10.6 Å². The van der Waals surface area contributed by atoms with Crippen LogP contribution in [-0.2, 0) is 0 Å². The van der Waals surface area contributed by atoms with Gasteiger partial charge in [0.2, 0.25) is 0 Å². The first-order valence-corrected chi connectivity index (χ1v) is 6.26. The predicted octanol–water partition coefficient (Wildman–Crippen LogP) is 3.60. The minimum atomic E-state index is -1.09. The van der Waals surface area contributed by atoms with E-state index in [0.717, 1.165) is 5.56 Å². The zero-order valence-electron chi connectivity index (χ0n) is 10.7. The number of aromatic carboxylic acids is 1. The summed E-state index contributed by atoms with van der Waals surface area (Å²) in [6.07, 6.45) is 0. The molecule has 0 aliphatic carbocycles. The third kappa shape index (κ3) is 2.97. The normalized spacial score (nSPS) is 10.1. The van der Waals surface area contributed by atoms with Gasteiger partial charge in [0.15, 0.2) is 0 Å². The summed E-state index contributed by atoms with van der Waals surface area (Å²) >= 11 is 5.94. The summed E-state index contributed by atoms with van der Waals surface area (Å²) in [5.74, 6) is -1.54. The van der Waals surface area contributed by atoms with Gasteiger partial charge in [0, 0.05) is 0 Å². The van der Waals surface area contributed by atoms with E-state index in [2.05, 4.69) is 5.32 Å². The number of carbonyl (C=O) groups excluding carboxylic acids is 1. The van der Waals surface area contributed by atoms with Crippen molar-refractivity contribution in [2.24, 2.45) is 0 Å². The van der Waals surface area contributed by atoms with Crippen molar-refractivity contribution in [3.05, 3.63) is 64.2 Å². The van der Waals surface area contributed by atoms with Crippen LogP contribution in [0, 0.1) is 6.92 Å². The second kappa shape index (κ2) is 5.75. The lowest BCUT2D eigenvalue weighted by Gasteiger charge is -2.10. The molecule has 0 atom stereocenters. The van der Waals surface area contributed by atoms with Crippen molar-refractivity contribution in [3.8, 4) is 0 Å². The first-order chi connectivity index (χ1) is 9.49. The van der Waals surface area contributed by atoms with Gasteiger partial charge in [0.1, 0.15) is 0 Å². The Labute approximate surface area is 121 Å². The van der Waals surface area contributed by atoms with Crippen molar-refractivity contribution in [3.63, 3.8) is 0 Å². The Hall–Kier alpha value is -2.33. The van der Waals surface area contributed by atoms with Crippen molar-refractivity contribution in [2.75, 3.05) is 5.32 Å². The molecular weight excluding hydrogens is 278 g/mol. The summed E-state index contributed by atoms with van der Waals surface area (Å²) in [6, 6.07) is 11.4. The molecule has 0 unspecified atom stereocenters. The van der Waals surface area contributed by atoms with Gasteiger partial charge in [-0.2, -0.15) is 0 Å². The molecule has 5 heteroatoms. The largest absolute Gasteiger partial charge is 0.478 e. The zero-order valence-corrected chi connectivity index (χ0v) is 11.4. The minimum absolute atomic E-state index is 0.0467. The predicted molar refractivity (Wildman–Crippen MR) is 77.5 cm³/mol. The fourth-order valence-corrected chi connectivity index (χ4v) is 2.00. The highest BCUT2D eigenvalue weighted by molar-refractivity contribution is 6.34. The van der Waals surface area contributed by atoms with Crippen LogP contribution >= 0.6 is 11.6 Å². The van der Waals surface area contributed by atoms with Crippen LogP contribution in [0.2, 0.25) is 5.02 Å². The summed E-state index contributed by atoms with van der Waals surface area (Å²) in [5.41, 5.74) is 1.39. The maximum atomic E-state index is 12.1. The van der Waals surface area contributed by atoms with Gasteiger partial charge in [-0.25, -0.2) is 4.79 Å². The number of anilines is 1. The maximum absolute atomic E-state index is 12.1. The number of carboxylic acid groups (broad SMARTS) is 1. The first-order valence-electron chi connectivity index (χ1n) is 5.89. The quantitative estimate of drug-likeness (QED) is 0.907. The molecule has 0 bridgehead atoms.